The van der Waals surface area contributed by atoms with Crippen molar-refractivity contribution in [3.63, 3.8) is 0 Å². The molecule has 0 aromatic heterocycles. The molecule has 0 rings (SSSR count). The van der Waals surface area contributed by atoms with E-state index in [1.807, 2.05) is 13.0 Å². The van der Waals surface area contributed by atoms with Crippen LogP contribution in [0, 0.1) is 11.3 Å². The predicted octanol–water partition coefficient (Wildman–Crippen LogP) is 0.0127. The summed E-state index contributed by atoms with van der Waals surface area (Å²) in [4.78, 5) is 11.0. The van der Waals surface area contributed by atoms with E-state index in [1.165, 1.54) is 0 Å². The van der Waals surface area contributed by atoms with Gasteiger partial charge in [0.15, 0.2) is 0 Å². The lowest BCUT2D eigenvalue weighted by molar-refractivity contribution is -0.122. The Morgan fingerprint density at radius 2 is 2.17 bits per heavy atom. The summed E-state index contributed by atoms with van der Waals surface area (Å²) < 4.78 is 0. The Balaban J connectivity index is 3.76. The molecule has 0 aliphatic heterocycles. The summed E-state index contributed by atoms with van der Waals surface area (Å²) in [5, 5.41) is 13.9. The Bertz CT molecular complexity index is 185. The van der Waals surface area contributed by atoms with Crippen LogP contribution in [0.4, 0.5) is 0 Å². The third-order valence-electron chi connectivity index (χ3n) is 1.57. The van der Waals surface area contributed by atoms with Crippen LogP contribution in [-0.2, 0) is 4.79 Å². The van der Waals surface area contributed by atoms with Crippen LogP contribution in [0.5, 0.6) is 0 Å². The number of hydrogen-bond acceptors (Lipinski definition) is 3. The second-order valence-electron chi connectivity index (χ2n) is 2.77. The minimum absolute atomic E-state index is 0.0558. The molecule has 0 aliphatic carbocycles. The van der Waals surface area contributed by atoms with E-state index in [4.69, 9.17) is 5.26 Å². The molecule has 0 bridgehead atoms. The fourth-order valence-electron chi connectivity index (χ4n) is 0.915. The van der Waals surface area contributed by atoms with Gasteiger partial charge in [-0.3, -0.25) is 4.79 Å². The van der Waals surface area contributed by atoms with Gasteiger partial charge in [0.05, 0.1) is 18.5 Å². The molecule has 12 heavy (non-hydrogen) atoms. The number of carbonyl (C=O) groups excluding carboxylic acids is 1. The van der Waals surface area contributed by atoms with Crippen molar-refractivity contribution < 1.29 is 4.79 Å². The van der Waals surface area contributed by atoms with Gasteiger partial charge < -0.3 is 10.6 Å². The Morgan fingerprint density at radius 1 is 1.58 bits per heavy atom. The number of hydrogen-bond donors (Lipinski definition) is 2. The molecule has 0 fully saturated rings. The van der Waals surface area contributed by atoms with Crippen molar-refractivity contribution >= 4 is 5.91 Å². The summed E-state index contributed by atoms with van der Waals surface area (Å²) >= 11 is 0. The summed E-state index contributed by atoms with van der Waals surface area (Å²) in [5.74, 6) is -0.0558. The van der Waals surface area contributed by atoms with Crippen molar-refractivity contribution in [2.24, 2.45) is 0 Å². The lowest BCUT2D eigenvalue weighted by Gasteiger charge is -2.16. The van der Waals surface area contributed by atoms with Crippen LogP contribution in [-0.4, -0.2) is 25.0 Å². The summed E-state index contributed by atoms with van der Waals surface area (Å²) in [6, 6.07) is 1.86. The summed E-state index contributed by atoms with van der Waals surface area (Å²) in [6.07, 6.45) is 0.418. The van der Waals surface area contributed by atoms with Gasteiger partial charge in [0, 0.05) is 13.1 Å². The third kappa shape index (κ3) is 3.94. The largest absolute Gasteiger partial charge is 0.358 e. The van der Waals surface area contributed by atoms with Crippen LogP contribution in [0.2, 0.25) is 0 Å². The lowest BCUT2D eigenvalue weighted by Crippen LogP contribution is -2.44. The molecule has 0 saturated heterocycles. The van der Waals surface area contributed by atoms with Crippen molar-refractivity contribution in [2.45, 2.75) is 32.4 Å². The van der Waals surface area contributed by atoms with Gasteiger partial charge in [0.1, 0.15) is 0 Å². The number of rotatable bonds is 4. The normalized spacial score (nSPS) is 14.5. The molecule has 2 N–H and O–H groups in total. The van der Waals surface area contributed by atoms with Gasteiger partial charge in [-0.05, 0) is 13.8 Å². The first kappa shape index (κ1) is 10.9. The van der Waals surface area contributed by atoms with E-state index in [0.717, 1.165) is 0 Å². The first-order valence-electron chi connectivity index (χ1n) is 3.96. The number of likely N-dealkylation sites (N-methyl/N-ethyl adjacent to an activating group) is 1. The minimum atomic E-state index is -0.238. The molecule has 2 atom stereocenters. The first-order chi connectivity index (χ1) is 5.61. The number of nitriles is 1. The summed E-state index contributed by atoms with van der Waals surface area (Å²) in [5.41, 5.74) is 0. The second kappa shape index (κ2) is 5.56. The second-order valence-corrected chi connectivity index (χ2v) is 2.77. The predicted molar refractivity (Wildman–Crippen MR) is 46.4 cm³/mol. The van der Waals surface area contributed by atoms with Gasteiger partial charge in [0.2, 0.25) is 5.91 Å². The number of nitrogens with zero attached hydrogens (tertiary/aromatic N) is 1. The van der Waals surface area contributed by atoms with Crippen molar-refractivity contribution in [3.8, 4) is 6.07 Å². The van der Waals surface area contributed by atoms with Crippen molar-refractivity contribution in [1.29, 1.82) is 5.26 Å². The molecule has 0 heterocycles. The highest BCUT2D eigenvalue weighted by Gasteiger charge is 2.12. The van der Waals surface area contributed by atoms with Gasteiger partial charge in [-0.15, -0.1) is 0 Å². The van der Waals surface area contributed by atoms with Gasteiger partial charge in [-0.25, -0.2) is 0 Å². The Morgan fingerprint density at radius 3 is 2.58 bits per heavy atom. The fraction of sp³-hybridized carbons (Fsp3) is 0.750. The highest BCUT2D eigenvalue weighted by molar-refractivity contribution is 5.80. The fourth-order valence-corrected chi connectivity index (χ4v) is 0.915. The first-order valence-corrected chi connectivity index (χ1v) is 3.96. The van der Waals surface area contributed by atoms with Crippen LogP contribution >= 0.6 is 0 Å². The maximum atomic E-state index is 11.0. The van der Waals surface area contributed by atoms with Crippen molar-refractivity contribution in [2.75, 3.05) is 7.05 Å². The Labute approximate surface area is 72.9 Å². The summed E-state index contributed by atoms with van der Waals surface area (Å²) in [7, 11) is 1.59. The number of amides is 1. The van der Waals surface area contributed by atoms with Crippen molar-refractivity contribution in [1.82, 2.24) is 10.6 Å². The van der Waals surface area contributed by atoms with Crippen LogP contribution in [0.15, 0.2) is 0 Å². The lowest BCUT2D eigenvalue weighted by atomic mass is 10.2. The standard InChI is InChI=1S/C8H15N3O/c1-6(4-5-9)11-7(2)8(12)10-3/h6-7,11H,4H2,1-3H3,(H,10,12). The molecule has 4 nitrogen and oxygen atoms in total. The molecule has 1 amide bonds. The Kier molecular flexibility index (Phi) is 5.06. The van der Waals surface area contributed by atoms with Crippen LogP contribution < -0.4 is 10.6 Å². The molecule has 68 valence electrons. The zero-order chi connectivity index (χ0) is 9.56. The van der Waals surface area contributed by atoms with Crippen LogP contribution in [0.25, 0.3) is 0 Å². The molecule has 0 aliphatic rings. The van der Waals surface area contributed by atoms with Gasteiger partial charge in [-0.2, -0.15) is 5.26 Å². The molecule has 0 aromatic rings. The maximum absolute atomic E-state index is 11.0. The molecule has 0 aromatic carbocycles. The van der Waals surface area contributed by atoms with Gasteiger partial charge in [-0.1, -0.05) is 0 Å². The highest BCUT2D eigenvalue weighted by atomic mass is 16.2. The number of carbonyl (C=O) groups is 1. The Hall–Kier alpha value is -1.08. The van der Waals surface area contributed by atoms with Crippen LogP contribution in [0.1, 0.15) is 20.3 Å². The maximum Gasteiger partial charge on any atom is 0.236 e. The molecular weight excluding hydrogens is 154 g/mol. The average Bonchev–Trinajstić information content (AvgIpc) is 2.03. The zero-order valence-electron chi connectivity index (χ0n) is 7.72. The van der Waals surface area contributed by atoms with Gasteiger partial charge >= 0.3 is 0 Å². The molecule has 0 radical (unpaired) electrons. The molecule has 4 heteroatoms. The topological polar surface area (TPSA) is 64.9 Å². The third-order valence-corrected chi connectivity index (χ3v) is 1.57. The van der Waals surface area contributed by atoms with E-state index in [9.17, 15) is 4.79 Å². The van der Waals surface area contributed by atoms with E-state index >= 15 is 0 Å². The SMILES string of the molecule is CNC(=O)C(C)NC(C)CC#N. The monoisotopic (exact) mass is 169 g/mol. The molecule has 2 unspecified atom stereocenters. The van der Waals surface area contributed by atoms with E-state index in [-0.39, 0.29) is 18.0 Å². The summed E-state index contributed by atoms with van der Waals surface area (Å²) in [6.45, 7) is 3.65. The van der Waals surface area contributed by atoms with Crippen molar-refractivity contribution in [3.05, 3.63) is 0 Å². The zero-order valence-corrected chi connectivity index (χ0v) is 7.72. The number of nitrogens with one attached hydrogen (secondary N) is 2. The van der Waals surface area contributed by atoms with E-state index in [0.29, 0.717) is 6.42 Å². The van der Waals surface area contributed by atoms with Crippen LogP contribution in [0.3, 0.4) is 0 Å². The quantitative estimate of drug-likeness (QED) is 0.623. The highest BCUT2D eigenvalue weighted by Crippen LogP contribution is 1.91. The van der Waals surface area contributed by atoms with E-state index in [1.54, 1.807) is 14.0 Å². The molecule has 0 saturated carbocycles. The minimum Gasteiger partial charge on any atom is -0.358 e. The smallest absolute Gasteiger partial charge is 0.236 e. The van der Waals surface area contributed by atoms with E-state index in [2.05, 4.69) is 10.6 Å². The van der Waals surface area contributed by atoms with E-state index < -0.39 is 0 Å². The molecular formula is C8H15N3O. The molecule has 0 spiro atoms. The van der Waals surface area contributed by atoms with Gasteiger partial charge in [0.25, 0.3) is 0 Å². The average molecular weight is 169 g/mol.